The highest BCUT2D eigenvalue weighted by molar-refractivity contribution is 5.99. The number of anilines is 1. The van der Waals surface area contributed by atoms with Crippen molar-refractivity contribution in [1.29, 1.82) is 0 Å². The molecule has 2 heterocycles. The third-order valence-electron chi connectivity index (χ3n) is 3.49. The molecule has 2 aliphatic rings. The van der Waals surface area contributed by atoms with Crippen LogP contribution in [0.5, 0.6) is 5.75 Å². The van der Waals surface area contributed by atoms with Gasteiger partial charge in [0.2, 0.25) is 11.8 Å². The van der Waals surface area contributed by atoms with Crippen molar-refractivity contribution in [3.8, 4) is 5.75 Å². The highest BCUT2D eigenvalue weighted by atomic mass is 35.5. The number of halogens is 1. The SMILES string of the molecule is Cl.O=C1CC[C@@H](C(=O)Nc2ccc3c(c2)CNCCO3)N1. The zero-order valence-corrected chi connectivity index (χ0v) is 12.3. The Labute approximate surface area is 129 Å². The van der Waals surface area contributed by atoms with Crippen molar-refractivity contribution in [2.45, 2.75) is 25.4 Å². The maximum atomic E-state index is 12.0. The van der Waals surface area contributed by atoms with E-state index < -0.39 is 6.04 Å². The van der Waals surface area contributed by atoms with Crippen LogP contribution in [-0.2, 0) is 16.1 Å². The second-order valence-electron chi connectivity index (χ2n) is 5.00. The minimum Gasteiger partial charge on any atom is -0.492 e. The normalized spacial score (nSPS) is 20.4. The Morgan fingerprint density at radius 3 is 3.00 bits per heavy atom. The predicted molar refractivity (Wildman–Crippen MR) is 80.7 cm³/mol. The lowest BCUT2D eigenvalue weighted by Gasteiger charge is -2.13. The molecule has 6 nitrogen and oxygen atoms in total. The van der Waals surface area contributed by atoms with Crippen LogP contribution in [0.25, 0.3) is 0 Å². The Morgan fingerprint density at radius 1 is 1.38 bits per heavy atom. The molecule has 1 aromatic carbocycles. The average molecular weight is 312 g/mol. The highest BCUT2D eigenvalue weighted by Crippen LogP contribution is 2.24. The van der Waals surface area contributed by atoms with Crippen LogP contribution in [0.15, 0.2) is 18.2 Å². The van der Waals surface area contributed by atoms with Crippen LogP contribution in [0.3, 0.4) is 0 Å². The van der Waals surface area contributed by atoms with Gasteiger partial charge in [-0.05, 0) is 24.6 Å². The Morgan fingerprint density at radius 2 is 2.24 bits per heavy atom. The number of amides is 2. The summed E-state index contributed by atoms with van der Waals surface area (Å²) in [5.74, 6) is 0.616. The number of hydrogen-bond donors (Lipinski definition) is 3. The Hall–Kier alpha value is -1.79. The molecule has 1 fully saturated rings. The zero-order valence-electron chi connectivity index (χ0n) is 11.5. The van der Waals surface area contributed by atoms with Crippen LogP contribution in [0.1, 0.15) is 18.4 Å². The summed E-state index contributed by atoms with van der Waals surface area (Å²) in [7, 11) is 0. The van der Waals surface area contributed by atoms with E-state index >= 15 is 0 Å². The summed E-state index contributed by atoms with van der Waals surface area (Å²) in [5.41, 5.74) is 1.75. The van der Waals surface area contributed by atoms with Gasteiger partial charge in [0.05, 0.1) is 0 Å². The first-order valence-electron chi connectivity index (χ1n) is 6.79. The number of benzene rings is 1. The van der Waals surface area contributed by atoms with Gasteiger partial charge in [-0.25, -0.2) is 0 Å². The standard InChI is InChI=1S/C14H17N3O3.ClH/c18-13-4-2-11(17-13)14(19)16-10-1-3-12-9(7-10)8-15-5-6-20-12;/h1,3,7,11,15H,2,4-6,8H2,(H,16,19)(H,17,18);1H/t11-;/m0./s1. The molecule has 7 heteroatoms. The first kappa shape index (κ1) is 15.6. The first-order chi connectivity index (χ1) is 9.72. The summed E-state index contributed by atoms with van der Waals surface area (Å²) in [6.07, 6.45) is 0.973. The highest BCUT2D eigenvalue weighted by Gasteiger charge is 2.27. The summed E-state index contributed by atoms with van der Waals surface area (Å²) in [6.45, 7) is 2.18. The van der Waals surface area contributed by atoms with E-state index in [-0.39, 0.29) is 24.2 Å². The van der Waals surface area contributed by atoms with E-state index in [0.717, 1.165) is 30.1 Å². The van der Waals surface area contributed by atoms with Crippen molar-refractivity contribution in [3.05, 3.63) is 23.8 Å². The van der Waals surface area contributed by atoms with Gasteiger partial charge in [0, 0.05) is 30.8 Å². The summed E-state index contributed by atoms with van der Waals surface area (Å²) < 4.78 is 5.59. The average Bonchev–Trinajstić information content (AvgIpc) is 2.74. The lowest BCUT2D eigenvalue weighted by atomic mass is 10.1. The molecule has 0 radical (unpaired) electrons. The van der Waals surface area contributed by atoms with Crippen LogP contribution < -0.4 is 20.7 Å². The molecule has 0 saturated carbocycles. The van der Waals surface area contributed by atoms with E-state index in [4.69, 9.17) is 4.74 Å². The molecule has 0 spiro atoms. The van der Waals surface area contributed by atoms with Gasteiger partial charge in [-0.15, -0.1) is 12.4 Å². The summed E-state index contributed by atoms with van der Waals surface area (Å²) in [5, 5.41) is 8.75. The summed E-state index contributed by atoms with van der Waals surface area (Å²) in [4.78, 5) is 23.1. The lowest BCUT2D eigenvalue weighted by Crippen LogP contribution is -2.37. The van der Waals surface area contributed by atoms with Crippen LogP contribution >= 0.6 is 12.4 Å². The molecule has 21 heavy (non-hydrogen) atoms. The number of fused-ring (bicyclic) bond motifs is 1. The summed E-state index contributed by atoms with van der Waals surface area (Å²) >= 11 is 0. The topological polar surface area (TPSA) is 79.5 Å². The van der Waals surface area contributed by atoms with Crippen molar-refractivity contribution in [2.75, 3.05) is 18.5 Å². The van der Waals surface area contributed by atoms with E-state index in [0.29, 0.717) is 19.4 Å². The fraction of sp³-hybridized carbons (Fsp3) is 0.429. The molecule has 0 bridgehead atoms. The van der Waals surface area contributed by atoms with E-state index in [1.807, 2.05) is 18.2 Å². The van der Waals surface area contributed by atoms with Gasteiger partial charge in [-0.2, -0.15) is 0 Å². The first-order valence-corrected chi connectivity index (χ1v) is 6.79. The van der Waals surface area contributed by atoms with Crippen LogP contribution in [0, 0.1) is 0 Å². The fourth-order valence-corrected chi connectivity index (χ4v) is 2.43. The monoisotopic (exact) mass is 311 g/mol. The smallest absolute Gasteiger partial charge is 0.246 e. The van der Waals surface area contributed by atoms with Gasteiger partial charge in [-0.1, -0.05) is 0 Å². The van der Waals surface area contributed by atoms with Crippen LogP contribution in [0.4, 0.5) is 5.69 Å². The predicted octanol–water partition coefficient (Wildman–Crippen LogP) is 0.807. The fourth-order valence-electron chi connectivity index (χ4n) is 2.43. The number of hydrogen-bond acceptors (Lipinski definition) is 4. The van der Waals surface area contributed by atoms with E-state index in [2.05, 4.69) is 16.0 Å². The number of rotatable bonds is 2. The van der Waals surface area contributed by atoms with Crippen molar-refractivity contribution < 1.29 is 14.3 Å². The molecular weight excluding hydrogens is 294 g/mol. The Bertz CT molecular complexity index is 550. The molecule has 3 rings (SSSR count). The van der Waals surface area contributed by atoms with E-state index in [1.54, 1.807) is 0 Å². The Kier molecular flexibility index (Phi) is 5.03. The van der Waals surface area contributed by atoms with Gasteiger partial charge in [0.25, 0.3) is 0 Å². The molecule has 1 aromatic rings. The van der Waals surface area contributed by atoms with Gasteiger partial charge in [0.1, 0.15) is 18.4 Å². The molecule has 0 aromatic heterocycles. The maximum absolute atomic E-state index is 12.0. The molecule has 2 amide bonds. The molecule has 0 aliphatic carbocycles. The Balaban J connectivity index is 0.00000161. The molecule has 3 N–H and O–H groups in total. The quantitative estimate of drug-likeness (QED) is 0.755. The largest absolute Gasteiger partial charge is 0.492 e. The van der Waals surface area contributed by atoms with Gasteiger partial charge < -0.3 is 20.7 Å². The molecule has 2 aliphatic heterocycles. The van der Waals surface area contributed by atoms with Gasteiger partial charge in [0.15, 0.2) is 0 Å². The molecule has 0 unspecified atom stereocenters. The minimum atomic E-state index is -0.421. The molecule has 1 atom stereocenters. The van der Waals surface area contributed by atoms with Crippen molar-refractivity contribution >= 4 is 29.9 Å². The van der Waals surface area contributed by atoms with Crippen molar-refractivity contribution in [3.63, 3.8) is 0 Å². The second kappa shape index (κ2) is 6.78. The summed E-state index contributed by atoms with van der Waals surface area (Å²) in [6, 6.07) is 5.17. The van der Waals surface area contributed by atoms with E-state index in [1.165, 1.54) is 0 Å². The molecular formula is C14H18ClN3O3. The number of carbonyl (C=O) groups is 2. The third kappa shape index (κ3) is 3.65. The molecule has 114 valence electrons. The van der Waals surface area contributed by atoms with Gasteiger partial charge in [-0.3, -0.25) is 9.59 Å². The second-order valence-corrected chi connectivity index (χ2v) is 5.00. The van der Waals surface area contributed by atoms with Gasteiger partial charge >= 0.3 is 0 Å². The van der Waals surface area contributed by atoms with Crippen LogP contribution in [0.2, 0.25) is 0 Å². The molecule has 1 saturated heterocycles. The number of nitrogens with one attached hydrogen (secondary N) is 3. The van der Waals surface area contributed by atoms with Crippen LogP contribution in [-0.4, -0.2) is 31.0 Å². The lowest BCUT2D eigenvalue weighted by molar-refractivity contribution is -0.122. The minimum absolute atomic E-state index is 0. The van der Waals surface area contributed by atoms with Crippen molar-refractivity contribution in [1.82, 2.24) is 10.6 Å². The van der Waals surface area contributed by atoms with E-state index in [9.17, 15) is 9.59 Å². The third-order valence-corrected chi connectivity index (χ3v) is 3.49. The number of ether oxygens (including phenoxy) is 1. The van der Waals surface area contributed by atoms with Crippen molar-refractivity contribution in [2.24, 2.45) is 0 Å². The number of carbonyl (C=O) groups excluding carboxylic acids is 2. The maximum Gasteiger partial charge on any atom is 0.246 e. The zero-order chi connectivity index (χ0) is 13.9.